The van der Waals surface area contributed by atoms with Gasteiger partial charge in [0.25, 0.3) is 5.91 Å². The third kappa shape index (κ3) is 4.99. The molecular weight excluding hydrogens is 404 g/mol. The van der Waals surface area contributed by atoms with Crippen LogP contribution in [0.15, 0.2) is 79.0 Å². The first-order chi connectivity index (χ1) is 14.2. The Morgan fingerprint density at radius 1 is 0.966 bits per heavy atom. The molecular formula is C22H17ClN4OS. The maximum absolute atomic E-state index is 12.4. The van der Waals surface area contributed by atoms with Gasteiger partial charge in [-0.25, -0.2) is 9.97 Å². The molecule has 0 aliphatic rings. The van der Waals surface area contributed by atoms with E-state index in [0.717, 1.165) is 21.8 Å². The number of thiophene rings is 1. The minimum atomic E-state index is -0.0985. The predicted molar refractivity (Wildman–Crippen MR) is 118 cm³/mol. The van der Waals surface area contributed by atoms with Crippen molar-refractivity contribution in [3.05, 3.63) is 94.5 Å². The van der Waals surface area contributed by atoms with Crippen LogP contribution in [-0.2, 0) is 6.54 Å². The highest BCUT2D eigenvalue weighted by molar-refractivity contribution is 7.17. The highest BCUT2D eigenvalue weighted by Crippen LogP contribution is 2.27. The molecule has 0 unspecified atom stereocenters. The number of carbonyl (C=O) groups is 1. The second-order valence-electron chi connectivity index (χ2n) is 6.23. The van der Waals surface area contributed by atoms with Crippen molar-refractivity contribution in [3.8, 4) is 10.6 Å². The third-order valence-corrected chi connectivity index (χ3v) is 5.49. The number of nitrogens with zero attached hydrogens (tertiary/aromatic N) is 2. The summed E-state index contributed by atoms with van der Waals surface area (Å²) in [6.45, 7) is 0.496. The van der Waals surface area contributed by atoms with E-state index in [1.165, 1.54) is 11.3 Å². The molecule has 0 fully saturated rings. The van der Waals surface area contributed by atoms with Crippen LogP contribution in [0, 0.1) is 0 Å². The second kappa shape index (κ2) is 8.86. The van der Waals surface area contributed by atoms with E-state index >= 15 is 0 Å². The molecule has 1 amide bonds. The van der Waals surface area contributed by atoms with Gasteiger partial charge in [-0.1, -0.05) is 41.9 Å². The molecule has 0 bridgehead atoms. The van der Waals surface area contributed by atoms with Crippen LogP contribution in [0.25, 0.3) is 10.6 Å². The standard InChI is InChI=1S/C22H17ClN4OS/c23-16-6-8-17(9-7-16)26-22-24-13-12-18(27-22)19-10-11-20(29-19)21(28)25-14-15-4-2-1-3-5-15/h1-13H,14H2,(H,25,28)(H,24,26,27). The SMILES string of the molecule is O=C(NCc1ccccc1)c1ccc(-c2ccnc(Nc3ccc(Cl)cc3)n2)s1. The maximum atomic E-state index is 12.4. The molecule has 5 nitrogen and oxygen atoms in total. The summed E-state index contributed by atoms with van der Waals surface area (Å²) >= 11 is 7.31. The van der Waals surface area contributed by atoms with E-state index in [-0.39, 0.29) is 5.91 Å². The van der Waals surface area contributed by atoms with Crippen molar-refractivity contribution in [1.82, 2.24) is 15.3 Å². The van der Waals surface area contributed by atoms with E-state index in [4.69, 9.17) is 11.6 Å². The number of amides is 1. The van der Waals surface area contributed by atoms with Crippen molar-refractivity contribution in [1.29, 1.82) is 0 Å². The van der Waals surface area contributed by atoms with Gasteiger partial charge in [0.15, 0.2) is 0 Å². The average Bonchev–Trinajstić information content (AvgIpc) is 3.25. The Labute approximate surface area is 177 Å². The lowest BCUT2D eigenvalue weighted by molar-refractivity contribution is 0.0955. The molecule has 2 aromatic carbocycles. The van der Waals surface area contributed by atoms with Gasteiger partial charge >= 0.3 is 0 Å². The molecule has 0 spiro atoms. The van der Waals surface area contributed by atoms with E-state index in [2.05, 4.69) is 20.6 Å². The number of aromatic nitrogens is 2. The molecule has 0 atom stereocenters. The van der Waals surface area contributed by atoms with Crippen molar-refractivity contribution in [2.45, 2.75) is 6.54 Å². The second-order valence-corrected chi connectivity index (χ2v) is 7.75. The minimum Gasteiger partial charge on any atom is -0.347 e. The Hall–Kier alpha value is -3.22. The summed E-state index contributed by atoms with van der Waals surface area (Å²) in [4.78, 5) is 22.8. The van der Waals surface area contributed by atoms with Crippen LogP contribution < -0.4 is 10.6 Å². The molecule has 0 saturated heterocycles. The van der Waals surface area contributed by atoms with Crippen molar-refractivity contribution in [3.63, 3.8) is 0 Å². The molecule has 2 N–H and O–H groups in total. The first-order valence-corrected chi connectivity index (χ1v) is 10.1. The monoisotopic (exact) mass is 420 g/mol. The van der Waals surface area contributed by atoms with E-state index in [0.29, 0.717) is 22.4 Å². The normalized spacial score (nSPS) is 10.5. The quantitative estimate of drug-likeness (QED) is 0.430. The molecule has 0 saturated carbocycles. The fraction of sp³-hybridized carbons (Fsp3) is 0.0455. The lowest BCUT2D eigenvalue weighted by Crippen LogP contribution is -2.21. The van der Waals surface area contributed by atoms with Crippen LogP contribution >= 0.6 is 22.9 Å². The third-order valence-electron chi connectivity index (χ3n) is 4.13. The Bertz CT molecular complexity index is 1110. The van der Waals surface area contributed by atoms with Gasteiger partial charge in [-0.3, -0.25) is 4.79 Å². The number of rotatable bonds is 6. The van der Waals surface area contributed by atoms with Gasteiger partial charge in [0, 0.05) is 23.5 Å². The summed E-state index contributed by atoms with van der Waals surface area (Å²) in [5, 5.41) is 6.77. The fourth-order valence-electron chi connectivity index (χ4n) is 2.68. The molecule has 144 valence electrons. The van der Waals surface area contributed by atoms with E-state index < -0.39 is 0 Å². The molecule has 7 heteroatoms. The topological polar surface area (TPSA) is 66.9 Å². The van der Waals surface area contributed by atoms with Crippen LogP contribution in [0.4, 0.5) is 11.6 Å². The highest BCUT2D eigenvalue weighted by atomic mass is 35.5. The smallest absolute Gasteiger partial charge is 0.261 e. The lowest BCUT2D eigenvalue weighted by Gasteiger charge is -2.06. The molecule has 2 heterocycles. The lowest BCUT2D eigenvalue weighted by atomic mass is 10.2. The largest absolute Gasteiger partial charge is 0.347 e. The summed E-state index contributed by atoms with van der Waals surface area (Å²) in [6, 6.07) is 22.7. The van der Waals surface area contributed by atoms with Crippen molar-refractivity contribution in [2.75, 3.05) is 5.32 Å². The first-order valence-electron chi connectivity index (χ1n) is 8.95. The number of carbonyl (C=O) groups excluding carboxylic acids is 1. The summed E-state index contributed by atoms with van der Waals surface area (Å²) in [5.41, 5.74) is 2.66. The van der Waals surface area contributed by atoms with Gasteiger partial charge in [-0.05, 0) is 48.0 Å². The van der Waals surface area contributed by atoms with Gasteiger partial charge in [-0.2, -0.15) is 0 Å². The Morgan fingerprint density at radius 2 is 1.76 bits per heavy atom. The van der Waals surface area contributed by atoms with Crippen LogP contribution in [0.2, 0.25) is 5.02 Å². The van der Waals surface area contributed by atoms with Crippen molar-refractivity contribution >= 4 is 40.5 Å². The zero-order chi connectivity index (χ0) is 20.1. The van der Waals surface area contributed by atoms with Crippen LogP contribution in [-0.4, -0.2) is 15.9 Å². The summed E-state index contributed by atoms with van der Waals surface area (Å²) in [6.07, 6.45) is 1.69. The van der Waals surface area contributed by atoms with Crippen LogP contribution in [0.1, 0.15) is 15.2 Å². The van der Waals surface area contributed by atoms with Crippen molar-refractivity contribution < 1.29 is 4.79 Å². The van der Waals surface area contributed by atoms with Crippen LogP contribution in [0.3, 0.4) is 0 Å². The Morgan fingerprint density at radius 3 is 2.55 bits per heavy atom. The van der Waals surface area contributed by atoms with E-state index in [1.807, 2.05) is 60.7 Å². The first kappa shape index (κ1) is 19.1. The van der Waals surface area contributed by atoms with Crippen LogP contribution in [0.5, 0.6) is 0 Å². The summed E-state index contributed by atoms with van der Waals surface area (Å²) in [5.74, 6) is 0.381. The fourth-order valence-corrected chi connectivity index (χ4v) is 3.70. The Balaban J connectivity index is 1.44. The predicted octanol–water partition coefficient (Wildman–Crippen LogP) is 5.53. The van der Waals surface area contributed by atoms with Crippen molar-refractivity contribution in [2.24, 2.45) is 0 Å². The number of anilines is 2. The van der Waals surface area contributed by atoms with Gasteiger partial charge in [-0.15, -0.1) is 11.3 Å². The van der Waals surface area contributed by atoms with Gasteiger partial charge in [0.2, 0.25) is 5.95 Å². The average molecular weight is 421 g/mol. The summed E-state index contributed by atoms with van der Waals surface area (Å²) in [7, 11) is 0. The van der Waals surface area contributed by atoms with Gasteiger partial charge < -0.3 is 10.6 Å². The Kier molecular flexibility index (Phi) is 5.84. The number of halogens is 1. The van der Waals surface area contributed by atoms with E-state index in [1.54, 1.807) is 18.3 Å². The number of hydrogen-bond donors (Lipinski definition) is 2. The molecule has 4 rings (SSSR count). The molecule has 2 aromatic heterocycles. The minimum absolute atomic E-state index is 0.0985. The van der Waals surface area contributed by atoms with Gasteiger partial charge in [0.05, 0.1) is 15.4 Å². The van der Waals surface area contributed by atoms with Gasteiger partial charge in [0.1, 0.15) is 0 Å². The summed E-state index contributed by atoms with van der Waals surface area (Å²) < 4.78 is 0. The molecule has 29 heavy (non-hydrogen) atoms. The molecule has 0 radical (unpaired) electrons. The molecule has 4 aromatic rings. The number of nitrogens with one attached hydrogen (secondary N) is 2. The molecule has 0 aliphatic carbocycles. The molecule has 0 aliphatic heterocycles. The maximum Gasteiger partial charge on any atom is 0.261 e. The number of hydrogen-bond acceptors (Lipinski definition) is 5. The number of benzene rings is 2. The zero-order valence-corrected chi connectivity index (χ0v) is 16.9. The van der Waals surface area contributed by atoms with E-state index in [9.17, 15) is 4.79 Å². The zero-order valence-electron chi connectivity index (χ0n) is 15.3. The highest BCUT2D eigenvalue weighted by Gasteiger charge is 2.11.